The Labute approximate surface area is 328 Å². The van der Waals surface area contributed by atoms with Crippen LogP contribution in [0.1, 0.15) is 21.9 Å². The molecule has 0 radical (unpaired) electrons. The fourth-order valence-electron chi connectivity index (χ4n) is 7.41. The van der Waals surface area contributed by atoms with Crippen molar-refractivity contribution in [3.63, 3.8) is 0 Å². The van der Waals surface area contributed by atoms with E-state index in [0.717, 1.165) is 72.8 Å². The van der Waals surface area contributed by atoms with Gasteiger partial charge in [0.1, 0.15) is 34.5 Å². The molecule has 0 saturated carbocycles. The van der Waals surface area contributed by atoms with Crippen LogP contribution in [0.25, 0.3) is 78.7 Å². The topological polar surface area (TPSA) is 123 Å². The minimum atomic E-state index is -0.333. The molecular weight excluding hydrogens is 715 g/mol. The molecule has 3 aromatic heterocycles. The van der Waals surface area contributed by atoms with Crippen molar-refractivity contribution < 1.29 is 23.7 Å². The SMILES string of the molecule is COc1ccc(-c2c3nc(c(-c4ccc(OC)cc4)c4ccc([nH]4)c(-c4ccc(OC)cc4)c4nc(c(-c5ccc(OC)cc5)c5ccc2[nH]5)NC4=O)C=C3)cc1. The van der Waals surface area contributed by atoms with Crippen LogP contribution >= 0.6 is 0 Å². The minimum absolute atomic E-state index is 0.263. The van der Waals surface area contributed by atoms with Crippen LogP contribution in [0.5, 0.6) is 23.0 Å². The standard InChI is InChI=1S/C47H37N5O5/c1-54-31-13-5-27(6-14-31)41-35-21-22-36(48-35)42(28-7-15-32(55-2)16-8-28)38-24-26-40(50-38)44(30-11-19-34(57-4)20-12-30)46-51-45(47(53)52-46)43(39-25-23-37(41)49-39)29-9-17-33(56-3)18-10-29/h5-26,49-50H,1-4H3,(H,51,52,53). The van der Waals surface area contributed by atoms with E-state index in [0.29, 0.717) is 34.0 Å². The normalized spacial score (nSPS) is 12.0. The fourth-order valence-corrected chi connectivity index (χ4v) is 7.41. The summed E-state index contributed by atoms with van der Waals surface area (Å²) in [7, 11) is 6.56. The Hall–Kier alpha value is -7.59. The van der Waals surface area contributed by atoms with E-state index in [4.69, 9.17) is 28.9 Å². The summed E-state index contributed by atoms with van der Waals surface area (Å²) in [5, 5.41) is 3.12. The zero-order valence-corrected chi connectivity index (χ0v) is 31.6. The molecule has 0 fully saturated rings. The Morgan fingerprint density at radius 3 is 1.12 bits per heavy atom. The predicted octanol–water partition coefficient (Wildman–Crippen LogP) is 10.4. The fraction of sp³-hybridized carbons (Fsp3) is 0.0851. The van der Waals surface area contributed by atoms with Gasteiger partial charge in [-0.1, -0.05) is 48.5 Å². The number of hydrogen-bond donors (Lipinski definition) is 3. The van der Waals surface area contributed by atoms with Gasteiger partial charge in [-0.25, -0.2) is 9.97 Å². The molecule has 2 aliphatic rings. The van der Waals surface area contributed by atoms with Crippen LogP contribution in [-0.4, -0.2) is 54.3 Å². The van der Waals surface area contributed by atoms with Crippen molar-refractivity contribution >= 4 is 45.9 Å². The van der Waals surface area contributed by atoms with Gasteiger partial charge in [0, 0.05) is 38.8 Å². The van der Waals surface area contributed by atoms with Gasteiger partial charge in [-0.3, -0.25) is 4.79 Å². The molecule has 2 aliphatic heterocycles. The van der Waals surface area contributed by atoms with E-state index in [1.54, 1.807) is 28.4 Å². The third-order valence-electron chi connectivity index (χ3n) is 10.3. The van der Waals surface area contributed by atoms with Crippen molar-refractivity contribution in [3.8, 4) is 67.5 Å². The number of benzene rings is 4. The summed E-state index contributed by atoms with van der Waals surface area (Å²) < 4.78 is 22.0. The van der Waals surface area contributed by atoms with Crippen LogP contribution in [-0.2, 0) is 0 Å². The van der Waals surface area contributed by atoms with Crippen molar-refractivity contribution in [2.24, 2.45) is 0 Å². The highest BCUT2D eigenvalue weighted by atomic mass is 16.5. The number of carbonyl (C=O) groups is 1. The van der Waals surface area contributed by atoms with Crippen LogP contribution in [0.3, 0.4) is 0 Å². The van der Waals surface area contributed by atoms with Gasteiger partial charge in [0.05, 0.1) is 45.3 Å². The lowest BCUT2D eigenvalue weighted by Gasteiger charge is -2.08. The largest absolute Gasteiger partial charge is 0.497 e. The van der Waals surface area contributed by atoms with Gasteiger partial charge in [0.15, 0.2) is 0 Å². The van der Waals surface area contributed by atoms with Gasteiger partial charge < -0.3 is 34.2 Å². The number of methoxy groups -OCH3 is 4. The molecule has 0 atom stereocenters. The molecule has 0 unspecified atom stereocenters. The molecule has 9 rings (SSSR count). The van der Waals surface area contributed by atoms with E-state index in [1.807, 2.05) is 133 Å². The van der Waals surface area contributed by atoms with Crippen LogP contribution in [0.2, 0.25) is 0 Å². The highest BCUT2D eigenvalue weighted by Crippen LogP contribution is 2.40. The lowest BCUT2D eigenvalue weighted by Crippen LogP contribution is -2.07. The van der Waals surface area contributed by atoms with E-state index in [-0.39, 0.29) is 11.6 Å². The van der Waals surface area contributed by atoms with Gasteiger partial charge >= 0.3 is 0 Å². The van der Waals surface area contributed by atoms with Gasteiger partial charge in [-0.05, 0) is 107 Å². The van der Waals surface area contributed by atoms with Crippen LogP contribution in [0.15, 0.2) is 121 Å². The molecule has 7 aromatic rings. The Morgan fingerprint density at radius 1 is 0.404 bits per heavy atom. The second kappa shape index (κ2) is 14.6. The molecular formula is C47H37N5O5. The maximum absolute atomic E-state index is 14.3. The second-order valence-corrected chi connectivity index (χ2v) is 13.5. The first-order chi connectivity index (χ1) is 27.9. The number of aromatic nitrogens is 4. The number of nitrogens with zero attached hydrogens (tertiary/aromatic N) is 2. The molecule has 280 valence electrons. The number of amides is 1. The van der Waals surface area contributed by atoms with Crippen molar-refractivity contribution in [1.82, 2.24) is 19.9 Å². The van der Waals surface area contributed by atoms with Gasteiger partial charge in [0.25, 0.3) is 5.91 Å². The Balaban J connectivity index is 1.45. The minimum Gasteiger partial charge on any atom is -0.497 e. The second-order valence-electron chi connectivity index (χ2n) is 13.5. The summed E-state index contributed by atoms with van der Waals surface area (Å²) in [6.45, 7) is 0. The molecule has 4 aromatic carbocycles. The maximum Gasteiger partial charge on any atom is 0.276 e. The smallest absolute Gasteiger partial charge is 0.276 e. The zero-order chi connectivity index (χ0) is 39.0. The highest BCUT2D eigenvalue weighted by Gasteiger charge is 2.26. The van der Waals surface area contributed by atoms with Crippen molar-refractivity contribution in [2.75, 3.05) is 33.8 Å². The Bertz CT molecular complexity index is 2860. The molecule has 3 N–H and O–H groups in total. The Kier molecular flexibility index (Phi) is 8.98. The molecule has 0 saturated heterocycles. The number of ether oxygens (including phenoxy) is 4. The van der Waals surface area contributed by atoms with Crippen molar-refractivity contribution in [3.05, 3.63) is 138 Å². The molecule has 10 nitrogen and oxygen atoms in total. The number of anilines is 1. The van der Waals surface area contributed by atoms with Crippen LogP contribution in [0, 0.1) is 0 Å². The number of carbonyl (C=O) groups excluding carboxylic acids is 1. The van der Waals surface area contributed by atoms with E-state index < -0.39 is 0 Å². The lowest BCUT2D eigenvalue weighted by atomic mass is 10.0. The van der Waals surface area contributed by atoms with E-state index >= 15 is 0 Å². The summed E-state index contributed by atoms with van der Waals surface area (Å²) in [6.07, 6.45) is 4.09. The van der Waals surface area contributed by atoms with E-state index in [2.05, 4.69) is 15.3 Å². The van der Waals surface area contributed by atoms with Gasteiger partial charge in [-0.15, -0.1) is 0 Å². The molecule has 1 amide bonds. The number of H-pyrrole nitrogens is 2. The molecule has 5 heterocycles. The van der Waals surface area contributed by atoms with Crippen molar-refractivity contribution in [2.45, 2.75) is 0 Å². The number of rotatable bonds is 8. The zero-order valence-electron chi connectivity index (χ0n) is 31.6. The third-order valence-corrected chi connectivity index (χ3v) is 10.3. The third kappa shape index (κ3) is 6.42. The highest BCUT2D eigenvalue weighted by molar-refractivity contribution is 6.14. The summed E-state index contributed by atoms with van der Waals surface area (Å²) >= 11 is 0. The summed E-state index contributed by atoms with van der Waals surface area (Å²) in [5.41, 5.74) is 11.5. The summed E-state index contributed by atoms with van der Waals surface area (Å²) in [5.74, 6) is 2.97. The predicted molar refractivity (Wildman–Crippen MR) is 226 cm³/mol. The number of fused-ring (bicyclic) bond motifs is 8. The monoisotopic (exact) mass is 751 g/mol. The molecule has 57 heavy (non-hydrogen) atoms. The number of hydrogen-bond acceptors (Lipinski definition) is 7. The summed E-state index contributed by atoms with van der Waals surface area (Å²) in [6, 6.07) is 39.2. The number of aromatic amines is 2. The van der Waals surface area contributed by atoms with Crippen LogP contribution < -0.4 is 24.3 Å². The number of nitrogens with one attached hydrogen (secondary N) is 3. The van der Waals surface area contributed by atoms with Gasteiger partial charge in [-0.2, -0.15) is 0 Å². The summed E-state index contributed by atoms with van der Waals surface area (Å²) in [4.78, 5) is 32.1. The average Bonchev–Trinajstić information content (AvgIpc) is 4.09. The maximum atomic E-state index is 14.3. The first-order valence-electron chi connectivity index (χ1n) is 18.3. The average molecular weight is 752 g/mol. The first kappa shape index (κ1) is 35.1. The lowest BCUT2D eigenvalue weighted by molar-refractivity contribution is 0.102. The first-order valence-corrected chi connectivity index (χ1v) is 18.3. The molecule has 0 spiro atoms. The van der Waals surface area contributed by atoms with E-state index in [1.165, 1.54) is 0 Å². The van der Waals surface area contributed by atoms with Crippen LogP contribution in [0.4, 0.5) is 5.82 Å². The van der Waals surface area contributed by atoms with E-state index in [9.17, 15) is 4.79 Å². The van der Waals surface area contributed by atoms with Crippen molar-refractivity contribution in [1.29, 1.82) is 0 Å². The quantitative estimate of drug-likeness (QED) is 0.141. The Morgan fingerprint density at radius 2 is 0.737 bits per heavy atom. The molecule has 8 bridgehead atoms. The molecule has 0 aliphatic carbocycles. The van der Waals surface area contributed by atoms with Gasteiger partial charge in [0.2, 0.25) is 0 Å². The molecule has 10 heteroatoms.